The molecule has 1 amide bonds. The van der Waals surface area contributed by atoms with Crippen molar-refractivity contribution in [2.24, 2.45) is 0 Å². The van der Waals surface area contributed by atoms with Gasteiger partial charge in [-0.3, -0.25) is 9.78 Å². The molecule has 0 spiro atoms. The van der Waals surface area contributed by atoms with Crippen LogP contribution in [0.3, 0.4) is 0 Å². The van der Waals surface area contributed by atoms with Gasteiger partial charge in [-0.25, -0.2) is 0 Å². The molecule has 0 aromatic carbocycles. The Morgan fingerprint density at radius 3 is 2.89 bits per heavy atom. The molecule has 0 aliphatic carbocycles. The maximum absolute atomic E-state index is 12.3. The summed E-state index contributed by atoms with van der Waals surface area (Å²) in [5.74, 6) is 0.559. The van der Waals surface area contributed by atoms with Crippen molar-refractivity contribution in [3.05, 3.63) is 24.5 Å². The van der Waals surface area contributed by atoms with Crippen LogP contribution in [-0.2, 0) is 4.79 Å². The molecule has 5 heteroatoms. The van der Waals surface area contributed by atoms with E-state index in [1.807, 2.05) is 17.0 Å². The molecule has 4 nitrogen and oxygen atoms in total. The Kier molecular flexibility index (Phi) is 5.66. The minimum absolute atomic E-state index is 0.00744. The van der Waals surface area contributed by atoms with E-state index in [1.165, 1.54) is 11.8 Å². The fourth-order valence-electron chi connectivity index (χ4n) is 2.36. The van der Waals surface area contributed by atoms with Gasteiger partial charge in [-0.15, -0.1) is 11.8 Å². The number of aliphatic hydroxyl groups excluding tert-OH is 1. The Labute approximate surface area is 118 Å². The molecule has 1 aromatic heterocycles. The van der Waals surface area contributed by atoms with Gasteiger partial charge in [-0.05, 0) is 25.0 Å². The summed E-state index contributed by atoms with van der Waals surface area (Å²) in [6, 6.07) is 3.82. The number of pyridine rings is 1. The summed E-state index contributed by atoms with van der Waals surface area (Å²) in [4.78, 5) is 19.1. The molecule has 19 heavy (non-hydrogen) atoms. The van der Waals surface area contributed by atoms with E-state index in [4.69, 9.17) is 0 Å². The maximum Gasteiger partial charge on any atom is 0.233 e. The quantitative estimate of drug-likeness (QED) is 0.856. The molecule has 2 rings (SSSR count). The summed E-state index contributed by atoms with van der Waals surface area (Å²) in [6.45, 7) is 0.854. The van der Waals surface area contributed by atoms with Gasteiger partial charge in [-0.2, -0.15) is 0 Å². The molecule has 1 fully saturated rings. The van der Waals surface area contributed by atoms with E-state index in [0.717, 1.165) is 37.1 Å². The third-order valence-corrected chi connectivity index (χ3v) is 4.42. The van der Waals surface area contributed by atoms with Crippen molar-refractivity contribution in [2.75, 3.05) is 18.9 Å². The van der Waals surface area contributed by atoms with Gasteiger partial charge >= 0.3 is 0 Å². The summed E-state index contributed by atoms with van der Waals surface area (Å²) in [7, 11) is 0. The molecule has 0 bridgehead atoms. The third-order valence-electron chi connectivity index (χ3n) is 3.42. The van der Waals surface area contributed by atoms with Crippen LogP contribution in [-0.4, -0.2) is 45.8 Å². The van der Waals surface area contributed by atoms with Gasteiger partial charge in [0.2, 0.25) is 5.91 Å². The highest BCUT2D eigenvalue weighted by molar-refractivity contribution is 8.00. The van der Waals surface area contributed by atoms with Crippen LogP contribution in [0, 0.1) is 0 Å². The number of aromatic nitrogens is 1. The van der Waals surface area contributed by atoms with Crippen LogP contribution in [0.25, 0.3) is 0 Å². The first-order valence-electron chi connectivity index (χ1n) is 6.74. The van der Waals surface area contributed by atoms with E-state index in [1.54, 1.807) is 12.4 Å². The van der Waals surface area contributed by atoms with Gasteiger partial charge in [0.25, 0.3) is 0 Å². The molecule has 1 N–H and O–H groups in total. The number of likely N-dealkylation sites (tertiary alicyclic amines) is 1. The topological polar surface area (TPSA) is 53.4 Å². The number of hydrogen-bond donors (Lipinski definition) is 1. The number of carbonyl (C=O) groups is 1. The number of hydrogen-bond acceptors (Lipinski definition) is 4. The Morgan fingerprint density at radius 2 is 2.16 bits per heavy atom. The second-order valence-corrected chi connectivity index (χ2v) is 5.79. The molecule has 1 aromatic rings. The lowest BCUT2D eigenvalue weighted by Crippen LogP contribution is -2.43. The minimum atomic E-state index is 0.00744. The molecule has 1 aliphatic rings. The van der Waals surface area contributed by atoms with E-state index in [9.17, 15) is 9.90 Å². The normalized spacial score (nSPS) is 20.1. The van der Waals surface area contributed by atoms with E-state index >= 15 is 0 Å². The number of rotatable bonds is 4. The maximum atomic E-state index is 12.3. The lowest BCUT2D eigenvalue weighted by atomic mass is 10.1. The zero-order valence-electron chi connectivity index (χ0n) is 11.0. The molecule has 1 unspecified atom stereocenters. The number of nitrogens with zero attached hydrogens (tertiary/aromatic N) is 2. The molecular weight excluding hydrogens is 260 g/mol. The van der Waals surface area contributed by atoms with Crippen LogP contribution in [0.4, 0.5) is 0 Å². The van der Waals surface area contributed by atoms with Crippen molar-refractivity contribution in [1.82, 2.24) is 9.88 Å². The van der Waals surface area contributed by atoms with Crippen LogP contribution < -0.4 is 0 Å². The fraction of sp³-hybridized carbons (Fsp3) is 0.571. The summed E-state index contributed by atoms with van der Waals surface area (Å²) in [5.41, 5.74) is 0. The van der Waals surface area contributed by atoms with E-state index < -0.39 is 0 Å². The number of aliphatic hydroxyl groups is 1. The van der Waals surface area contributed by atoms with Crippen LogP contribution in [0.5, 0.6) is 0 Å². The Morgan fingerprint density at radius 1 is 1.37 bits per heavy atom. The first-order chi connectivity index (χ1) is 9.31. The highest BCUT2D eigenvalue weighted by Gasteiger charge is 2.24. The average Bonchev–Trinajstić information content (AvgIpc) is 2.71. The van der Waals surface area contributed by atoms with Gasteiger partial charge in [0.15, 0.2) is 0 Å². The molecule has 2 heterocycles. The first-order valence-corrected chi connectivity index (χ1v) is 7.73. The summed E-state index contributed by atoms with van der Waals surface area (Å²) in [5, 5.41) is 9.41. The number of thioether (sulfide) groups is 1. The van der Waals surface area contributed by atoms with Crippen LogP contribution in [0.1, 0.15) is 25.7 Å². The monoisotopic (exact) mass is 280 g/mol. The van der Waals surface area contributed by atoms with Gasteiger partial charge in [0, 0.05) is 23.8 Å². The molecule has 0 radical (unpaired) electrons. The van der Waals surface area contributed by atoms with Crippen molar-refractivity contribution in [3.63, 3.8) is 0 Å². The summed E-state index contributed by atoms with van der Waals surface area (Å²) >= 11 is 1.53. The highest BCUT2D eigenvalue weighted by atomic mass is 32.2. The van der Waals surface area contributed by atoms with Crippen molar-refractivity contribution >= 4 is 17.7 Å². The molecule has 0 saturated carbocycles. The molecule has 1 atom stereocenters. The minimum Gasteiger partial charge on any atom is -0.394 e. The van der Waals surface area contributed by atoms with E-state index in [-0.39, 0.29) is 18.6 Å². The number of carbonyl (C=O) groups excluding carboxylic acids is 1. The van der Waals surface area contributed by atoms with Crippen LogP contribution in [0.15, 0.2) is 29.4 Å². The fourth-order valence-corrected chi connectivity index (χ4v) is 3.13. The van der Waals surface area contributed by atoms with E-state index in [2.05, 4.69) is 4.98 Å². The van der Waals surface area contributed by atoms with Crippen LogP contribution in [0.2, 0.25) is 0 Å². The van der Waals surface area contributed by atoms with Gasteiger partial charge in [0.1, 0.15) is 0 Å². The van der Waals surface area contributed by atoms with Crippen molar-refractivity contribution < 1.29 is 9.90 Å². The van der Waals surface area contributed by atoms with Crippen molar-refractivity contribution in [1.29, 1.82) is 0 Å². The average molecular weight is 280 g/mol. The second-order valence-electron chi connectivity index (χ2n) is 4.74. The standard InChI is InChI=1S/C14H20N2O2S/c17-10-12-4-2-1-3-9-16(12)14(18)11-19-13-5-7-15-8-6-13/h5-8,12,17H,1-4,9-11H2. The molecular formula is C14H20N2O2S. The van der Waals surface area contributed by atoms with Gasteiger partial charge < -0.3 is 10.0 Å². The van der Waals surface area contributed by atoms with E-state index in [0.29, 0.717) is 5.75 Å². The smallest absolute Gasteiger partial charge is 0.233 e. The Balaban J connectivity index is 1.90. The largest absolute Gasteiger partial charge is 0.394 e. The second kappa shape index (κ2) is 7.50. The summed E-state index contributed by atoms with van der Waals surface area (Å²) in [6.07, 6.45) is 7.68. The van der Waals surface area contributed by atoms with Gasteiger partial charge in [-0.1, -0.05) is 12.8 Å². The lowest BCUT2D eigenvalue weighted by Gasteiger charge is -2.28. The van der Waals surface area contributed by atoms with Crippen molar-refractivity contribution in [3.8, 4) is 0 Å². The van der Waals surface area contributed by atoms with Crippen LogP contribution >= 0.6 is 11.8 Å². The zero-order chi connectivity index (χ0) is 13.5. The predicted molar refractivity (Wildman–Crippen MR) is 76.0 cm³/mol. The molecule has 1 aliphatic heterocycles. The Hall–Kier alpha value is -1.07. The number of amides is 1. The Bertz CT molecular complexity index is 400. The first kappa shape index (κ1) is 14.3. The molecule has 1 saturated heterocycles. The third kappa shape index (κ3) is 4.21. The summed E-state index contributed by atoms with van der Waals surface area (Å²) < 4.78 is 0. The highest BCUT2D eigenvalue weighted by Crippen LogP contribution is 2.21. The predicted octanol–water partition coefficient (Wildman–Crippen LogP) is 1.94. The molecule has 104 valence electrons. The SMILES string of the molecule is O=C(CSc1ccncc1)N1CCCCCC1CO. The van der Waals surface area contributed by atoms with Crippen molar-refractivity contribution in [2.45, 2.75) is 36.6 Å². The lowest BCUT2D eigenvalue weighted by molar-refractivity contribution is -0.131. The zero-order valence-corrected chi connectivity index (χ0v) is 11.8. The van der Waals surface area contributed by atoms with Gasteiger partial charge in [0.05, 0.1) is 18.4 Å².